The maximum Gasteiger partial charge on any atom is 0.501 e. The third-order valence-corrected chi connectivity index (χ3v) is 6.04. The SMILES string of the molecule is CCCO[Si]1(CCCN)OC(C)CC(C)(C)O1. The molecule has 102 valence electrons. The third kappa shape index (κ3) is 4.67. The third-order valence-electron chi connectivity index (χ3n) is 2.80. The predicted octanol–water partition coefficient (Wildman–Crippen LogP) is 2.30. The molecule has 5 heteroatoms. The van der Waals surface area contributed by atoms with Crippen LogP contribution in [0.15, 0.2) is 0 Å². The summed E-state index contributed by atoms with van der Waals surface area (Å²) in [5.41, 5.74) is 5.44. The highest BCUT2D eigenvalue weighted by molar-refractivity contribution is 6.61. The summed E-state index contributed by atoms with van der Waals surface area (Å²) < 4.78 is 18.2. The van der Waals surface area contributed by atoms with Crippen LogP contribution in [0.2, 0.25) is 6.04 Å². The Morgan fingerprint density at radius 2 is 2.18 bits per heavy atom. The highest BCUT2D eigenvalue weighted by Crippen LogP contribution is 2.34. The smallest absolute Gasteiger partial charge is 0.373 e. The quantitative estimate of drug-likeness (QED) is 0.745. The molecule has 2 unspecified atom stereocenters. The highest BCUT2D eigenvalue weighted by atomic mass is 28.4. The molecule has 0 radical (unpaired) electrons. The zero-order valence-electron chi connectivity index (χ0n) is 11.6. The average Bonchev–Trinajstić information content (AvgIpc) is 2.21. The van der Waals surface area contributed by atoms with E-state index >= 15 is 0 Å². The van der Waals surface area contributed by atoms with E-state index in [1.165, 1.54) is 0 Å². The van der Waals surface area contributed by atoms with E-state index in [9.17, 15) is 0 Å². The van der Waals surface area contributed by atoms with Gasteiger partial charge in [0, 0.05) is 18.8 Å². The van der Waals surface area contributed by atoms with Gasteiger partial charge in [-0.1, -0.05) is 6.92 Å². The molecule has 2 atom stereocenters. The Morgan fingerprint density at radius 1 is 1.47 bits per heavy atom. The van der Waals surface area contributed by atoms with Crippen molar-refractivity contribution in [2.45, 2.75) is 64.7 Å². The van der Waals surface area contributed by atoms with Crippen molar-refractivity contribution in [3.05, 3.63) is 0 Å². The van der Waals surface area contributed by atoms with E-state index in [4.69, 9.17) is 19.0 Å². The minimum Gasteiger partial charge on any atom is -0.373 e. The van der Waals surface area contributed by atoms with Crippen LogP contribution in [-0.4, -0.2) is 33.7 Å². The molecule has 2 N–H and O–H groups in total. The number of hydrogen-bond acceptors (Lipinski definition) is 4. The van der Waals surface area contributed by atoms with Crippen LogP contribution < -0.4 is 5.73 Å². The molecule has 1 aliphatic heterocycles. The largest absolute Gasteiger partial charge is 0.501 e. The molecular weight excluding hydrogens is 234 g/mol. The number of hydrogen-bond donors (Lipinski definition) is 1. The summed E-state index contributed by atoms with van der Waals surface area (Å²) in [6.45, 7) is 9.80. The lowest BCUT2D eigenvalue weighted by Gasteiger charge is -2.45. The van der Waals surface area contributed by atoms with Crippen LogP contribution in [0.1, 0.15) is 47.0 Å². The van der Waals surface area contributed by atoms with Crippen molar-refractivity contribution in [1.82, 2.24) is 0 Å². The van der Waals surface area contributed by atoms with Gasteiger partial charge in [0.2, 0.25) is 0 Å². The Bertz CT molecular complexity index is 228. The molecule has 0 spiro atoms. The first-order valence-electron chi connectivity index (χ1n) is 6.65. The molecule has 1 rings (SSSR count). The molecular formula is C12H27NO3Si. The van der Waals surface area contributed by atoms with E-state index < -0.39 is 8.80 Å². The summed E-state index contributed by atoms with van der Waals surface area (Å²) in [5, 5.41) is 0. The van der Waals surface area contributed by atoms with Gasteiger partial charge in [0.05, 0.1) is 5.60 Å². The van der Waals surface area contributed by atoms with Gasteiger partial charge in [-0.2, -0.15) is 0 Å². The monoisotopic (exact) mass is 261 g/mol. The van der Waals surface area contributed by atoms with E-state index in [2.05, 4.69) is 27.7 Å². The molecule has 0 aliphatic carbocycles. The fourth-order valence-corrected chi connectivity index (χ4v) is 5.66. The van der Waals surface area contributed by atoms with E-state index in [-0.39, 0.29) is 11.7 Å². The Balaban J connectivity index is 2.72. The van der Waals surface area contributed by atoms with Crippen molar-refractivity contribution >= 4 is 8.80 Å². The van der Waals surface area contributed by atoms with Gasteiger partial charge in [-0.25, -0.2) is 0 Å². The first-order valence-corrected chi connectivity index (χ1v) is 8.58. The van der Waals surface area contributed by atoms with Gasteiger partial charge in [0.25, 0.3) is 0 Å². The first kappa shape index (κ1) is 15.1. The van der Waals surface area contributed by atoms with Crippen LogP contribution in [0.5, 0.6) is 0 Å². The van der Waals surface area contributed by atoms with E-state index in [0.717, 1.165) is 25.3 Å². The molecule has 1 saturated heterocycles. The molecule has 0 saturated carbocycles. The average molecular weight is 261 g/mol. The Morgan fingerprint density at radius 3 is 2.71 bits per heavy atom. The van der Waals surface area contributed by atoms with Crippen LogP contribution in [0.25, 0.3) is 0 Å². The van der Waals surface area contributed by atoms with Crippen LogP contribution >= 0.6 is 0 Å². The molecule has 1 heterocycles. The van der Waals surface area contributed by atoms with Crippen LogP contribution in [0.3, 0.4) is 0 Å². The molecule has 0 amide bonds. The summed E-state index contributed by atoms with van der Waals surface area (Å²) in [5.74, 6) is 0. The zero-order chi connectivity index (χ0) is 12.9. The number of rotatable bonds is 6. The topological polar surface area (TPSA) is 53.7 Å². The van der Waals surface area contributed by atoms with Crippen LogP contribution in [0.4, 0.5) is 0 Å². The lowest BCUT2D eigenvalue weighted by atomic mass is 10.0. The standard InChI is InChI=1S/C12H27NO3Si/c1-5-8-14-17(9-6-7-13)15-11(2)10-12(3,4)16-17/h11H,5-10,13H2,1-4H3. The molecule has 0 aromatic rings. The molecule has 0 aromatic heterocycles. The Hall–Kier alpha value is 0.0569. The van der Waals surface area contributed by atoms with Crippen LogP contribution in [0, 0.1) is 0 Å². The van der Waals surface area contributed by atoms with Gasteiger partial charge in [0.1, 0.15) is 0 Å². The van der Waals surface area contributed by atoms with Crippen molar-refractivity contribution in [3.63, 3.8) is 0 Å². The second kappa shape index (κ2) is 6.29. The molecule has 4 nitrogen and oxygen atoms in total. The van der Waals surface area contributed by atoms with E-state index in [1.54, 1.807) is 0 Å². The Labute approximate surface area is 106 Å². The van der Waals surface area contributed by atoms with Crippen molar-refractivity contribution in [2.24, 2.45) is 5.73 Å². The molecule has 17 heavy (non-hydrogen) atoms. The highest BCUT2D eigenvalue weighted by Gasteiger charge is 2.50. The summed E-state index contributed by atoms with van der Waals surface area (Å²) in [6, 6.07) is 0.831. The summed E-state index contributed by atoms with van der Waals surface area (Å²) >= 11 is 0. The lowest BCUT2D eigenvalue weighted by molar-refractivity contribution is -0.0908. The van der Waals surface area contributed by atoms with E-state index in [0.29, 0.717) is 13.2 Å². The molecule has 1 aliphatic rings. The van der Waals surface area contributed by atoms with Gasteiger partial charge < -0.3 is 19.0 Å². The fraction of sp³-hybridized carbons (Fsp3) is 1.00. The van der Waals surface area contributed by atoms with Crippen molar-refractivity contribution in [1.29, 1.82) is 0 Å². The molecule has 0 aromatic carbocycles. The summed E-state index contributed by atoms with van der Waals surface area (Å²) in [6.07, 6.45) is 3.01. The van der Waals surface area contributed by atoms with Crippen molar-refractivity contribution < 1.29 is 13.3 Å². The fourth-order valence-electron chi connectivity index (χ4n) is 2.35. The first-order chi connectivity index (χ1) is 7.93. The van der Waals surface area contributed by atoms with Gasteiger partial charge in [-0.15, -0.1) is 0 Å². The maximum atomic E-state index is 6.17. The maximum absolute atomic E-state index is 6.17. The summed E-state index contributed by atoms with van der Waals surface area (Å²) in [4.78, 5) is 0. The predicted molar refractivity (Wildman–Crippen MR) is 70.8 cm³/mol. The lowest BCUT2D eigenvalue weighted by Crippen LogP contribution is -2.58. The molecule has 0 bridgehead atoms. The van der Waals surface area contributed by atoms with Gasteiger partial charge >= 0.3 is 8.80 Å². The Kier molecular flexibility index (Phi) is 5.59. The van der Waals surface area contributed by atoms with Gasteiger partial charge in [0.15, 0.2) is 0 Å². The van der Waals surface area contributed by atoms with Gasteiger partial charge in [-0.3, -0.25) is 0 Å². The second-order valence-corrected chi connectivity index (χ2v) is 8.01. The van der Waals surface area contributed by atoms with Gasteiger partial charge in [-0.05, 0) is 46.6 Å². The normalized spacial score (nSPS) is 32.6. The minimum absolute atomic E-state index is 0.147. The van der Waals surface area contributed by atoms with Crippen molar-refractivity contribution in [2.75, 3.05) is 13.2 Å². The van der Waals surface area contributed by atoms with Crippen molar-refractivity contribution in [3.8, 4) is 0 Å². The van der Waals surface area contributed by atoms with E-state index in [1.807, 2.05) is 0 Å². The second-order valence-electron chi connectivity index (χ2n) is 5.42. The number of nitrogens with two attached hydrogens (primary N) is 1. The zero-order valence-corrected chi connectivity index (χ0v) is 12.6. The molecule has 1 fully saturated rings. The minimum atomic E-state index is -2.50. The summed E-state index contributed by atoms with van der Waals surface area (Å²) in [7, 11) is -2.50. The van der Waals surface area contributed by atoms with Crippen LogP contribution in [-0.2, 0) is 13.3 Å².